The summed E-state index contributed by atoms with van der Waals surface area (Å²) in [5.41, 5.74) is 1.02. The minimum Gasteiger partial charge on any atom is -0.466 e. The second-order valence-corrected chi connectivity index (χ2v) is 13.7. The van der Waals surface area contributed by atoms with Crippen LogP contribution in [0.5, 0.6) is 0 Å². The molecule has 0 bridgehead atoms. The monoisotopic (exact) mass is 654 g/mol. The summed E-state index contributed by atoms with van der Waals surface area (Å²) >= 11 is 1.55. The smallest absolute Gasteiger partial charge is 0.410 e. The molecule has 1 N–H and O–H groups in total. The zero-order chi connectivity index (χ0) is 33.4. The molecule has 0 aliphatic carbocycles. The van der Waals surface area contributed by atoms with Gasteiger partial charge in [-0.3, -0.25) is 24.5 Å². The van der Waals surface area contributed by atoms with Gasteiger partial charge in [-0.05, 0) is 76.1 Å². The Bertz CT molecular complexity index is 1450. The lowest BCUT2D eigenvalue weighted by Gasteiger charge is -2.32. The fourth-order valence-electron chi connectivity index (χ4n) is 5.48. The minimum absolute atomic E-state index is 0.0593. The van der Waals surface area contributed by atoms with Gasteiger partial charge in [-0.25, -0.2) is 4.79 Å². The third-order valence-corrected chi connectivity index (χ3v) is 9.00. The van der Waals surface area contributed by atoms with Gasteiger partial charge in [-0.15, -0.1) is 11.3 Å². The number of hydrogen-bond donors (Lipinski definition) is 1. The fourth-order valence-corrected chi connectivity index (χ4v) is 6.63. The highest BCUT2D eigenvalue weighted by molar-refractivity contribution is 7.12. The molecule has 2 aliphatic rings. The molecule has 1 aromatic heterocycles. The van der Waals surface area contributed by atoms with Crippen molar-refractivity contribution in [3.8, 4) is 0 Å². The highest BCUT2D eigenvalue weighted by Crippen LogP contribution is 2.29. The number of thiophene rings is 1. The number of piperidine rings is 1. The van der Waals surface area contributed by atoms with Crippen molar-refractivity contribution in [3.63, 3.8) is 0 Å². The van der Waals surface area contributed by atoms with Gasteiger partial charge in [0.1, 0.15) is 11.6 Å². The number of carbonyl (C=O) groups is 4. The van der Waals surface area contributed by atoms with E-state index >= 15 is 0 Å². The molecule has 1 saturated heterocycles. The summed E-state index contributed by atoms with van der Waals surface area (Å²) < 4.78 is 10.5. The van der Waals surface area contributed by atoms with E-state index < -0.39 is 22.5 Å². The Hall–Kier alpha value is -4.26. The average molecular weight is 655 g/mol. The van der Waals surface area contributed by atoms with E-state index in [4.69, 9.17) is 9.47 Å². The molecule has 3 heterocycles. The van der Waals surface area contributed by atoms with Crippen LogP contribution in [-0.4, -0.2) is 76.5 Å². The summed E-state index contributed by atoms with van der Waals surface area (Å²) in [4.78, 5) is 67.4. The van der Waals surface area contributed by atoms with E-state index in [1.807, 2.05) is 32.9 Å². The molecule has 248 valence electrons. The van der Waals surface area contributed by atoms with Crippen molar-refractivity contribution in [2.75, 3.05) is 26.2 Å². The molecule has 12 nitrogen and oxygen atoms in total. The third kappa shape index (κ3) is 9.87. The normalized spacial score (nSPS) is 16.1. The number of nitro benzene ring substituents is 1. The number of nitro groups is 1. The van der Waals surface area contributed by atoms with Crippen LogP contribution in [0.1, 0.15) is 61.4 Å². The number of amides is 3. The zero-order valence-electron chi connectivity index (χ0n) is 26.8. The van der Waals surface area contributed by atoms with Gasteiger partial charge in [-0.1, -0.05) is 18.2 Å². The van der Waals surface area contributed by atoms with Gasteiger partial charge in [0.25, 0.3) is 5.69 Å². The van der Waals surface area contributed by atoms with Gasteiger partial charge in [0, 0.05) is 54.5 Å². The molecule has 3 amide bonds. The molecule has 13 heteroatoms. The first-order chi connectivity index (χ1) is 21.8. The first-order valence-electron chi connectivity index (χ1n) is 15.6. The Balaban J connectivity index is 1.41. The SMILES string of the molecule is CCOC(=O)Cc1cc2c(s1)CCN(C(=O)[C@H](Cc1ccc([N+](=O)[O-])cc1)NC(=O)C=CC1CCN(C(=O)OC(C)(C)C)CC1)C2. The summed E-state index contributed by atoms with van der Waals surface area (Å²) in [6, 6.07) is 6.99. The topological polar surface area (TPSA) is 148 Å². The van der Waals surface area contributed by atoms with Gasteiger partial charge in [0.2, 0.25) is 11.8 Å². The molecular formula is C33H42N4O8S. The lowest BCUT2D eigenvalue weighted by Crippen LogP contribution is -2.50. The number of nitrogens with one attached hydrogen (secondary N) is 1. The molecule has 1 fully saturated rings. The van der Waals surface area contributed by atoms with Crippen molar-refractivity contribution in [2.45, 2.75) is 78.0 Å². The van der Waals surface area contributed by atoms with Gasteiger partial charge in [0.05, 0.1) is 18.0 Å². The number of benzene rings is 1. The van der Waals surface area contributed by atoms with Crippen LogP contribution in [0.4, 0.5) is 10.5 Å². The Kier molecular flexibility index (Phi) is 11.5. The Morgan fingerprint density at radius 2 is 1.80 bits per heavy atom. The predicted molar refractivity (Wildman–Crippen MR) is 172 cm³/mol. The lowest BCUT2D eigenvalue weighted by molar-refractivity contribution is -0.384. The van der Waals surface area contributed by atoms with Crippen LogP contribution in [0.15, 0.2) is 42.5 Å². The van der Waals surface area contributed by atoms with Crippen molar-refractivity contribution in [1.82, 2.24) is 15.1 Å². The molecule has 0 radical (unpaired) electrons. The second kappa shape index (κ2) is 15.4. The summed E-state index contributed by atoms with van der Waals surface area (Å²) in [6.45, 7) is 9.42. The maximum absolute atomic E-state index is 13.9. The first-order valence-corrected chi connectivity index (χ1v) is 16.4. The maximum atomic E-state index is 13.9. The lowest BCUT2D eigenvalue weighted by atomic mass is 9.96. The highest BCUT2D eigenvalue weighted by atomic mass is 32.1. The van der Waals surface area contributed by atoms with Crippen molar-refractivity contribution >= 4 is 40.9 Å². The number of rotatable bonds is 10. The van der Waals surface area contributed by atoms with E-state index in [0.29, 0.717) is 57.6 Å². The Labute approximate surface area is 272 Å². The number of non-ortho nitro benzene ring substituents is 1. The molecule has 0 spiro atoms. The Morgan fingerprint density at radius 1 is 1.11 bits per heavy atom. The summed E-state index contributed by atoms with van der Waals surface area (Å²) in [7, 11) is 0. The van der Waals surface area contributed by atoms with Crippen LogP contribution < -0.4 is 5.32 Å². The maximum Gasteiger partial charge on any atom is 0.410 e. The van der Waals surface area contributed by atoms with E-state index in [-0.39, 0.29) is 42.4 Å². The van der Waals surface area contributed by atoms with Crippen LogP contribution in [0.2, 0.25) is 0 Å². The summed E-state index contributed by atoms with van der Waals surface area (Å²) in [5.74, 6) is -0.868. The minimum atomic E-state index is -0.896. The average Bonchev–Trinajstić information content (AvgIpc) is 3.40. The van der Waals surface area contributed by atoms with E-state index in [0.717, 1.165) is 15.3 Å². The number of fused-ring (bicyclic) bond motifs is 1. The summed E-state index contributed by atoms with van der Waals surface area (Å²) in [5, 5.41) is 14.0. The Morgan fingerprint density at radius 3 is 2.43 bits per heavy atom. The largest absolute Gasteiger partial charge is 0.466 e. The zero-order valence-corrected chi connectivity index (χ0v) is 27.6. The number of hydrogen-bond acceptors (Lipinski definition) is 9. The standard InChI is InChI=1S/C33H42N4O8S/c1-5-44-30(39)20-26-19-24-21-36(17-14-28(24)46-26)31(40)27(18-23-6-9-25(10-7-23)37(42)43)34-29(38)11-8-22-12-15-35(16-13-22)32(41)45-33(2,3)4/h6-11,19,22,27H,5,12-18,20-21H2,1-4H3,(H,34,38)/t27-/m0/s1. The third-order valence-electron chi connectivity index (χ3n) is 7.77. The van der Waals surface area contributed by atoms with E-state index in [1.165, 1.54) is 18.2 Å². The molecule has 2 aromatic rings. The van der Waals surface area contributed by atoms with Crippen LogP contribution in [0, 0.1) is 16.0 Å². The van der Waals surface area contributed by atoms with Crippen molar-refractivity contribution < 1.29 is 33.6 Å². The number of esters is 1. The molecule has 0 saturated carbocycles. The second-order valence-electron chi connectivity index (χ2n) is 12.5. The fraction of sp³-hybridized carbons (Fsp3) is 0.515. The van der Waals surface area contributed by atoms with E-state index in [9.17, 15) is 29.3 Å². The van der Waals surface area contributed by atoms with Gasteiger partial charge in [0.15, 0.2) is 0 Å². The van der Waals surface area contributed by atoms with E-state index in [2.05, 4.69) is 5.32 Å². The number of carbonyl (C=O) groups excluding carboxylic acids is 4. The van der Waals surface area contributed by atoms with Crippen LogP contribution >= 0.6 is 11.3 Å². The first kappa shape index (κ1) is 34.6. The van der Waals surface area contributed by atoms with Gasteiger partial charge < -0.3 is 24.6 Å². The number of allylic oxidation sites excluding steroid dienone is 1. The summed E-state index contributed by atoms with van der Waals surface area (Å²) in [6.07, 6.45) is 5.26. The molecule has 4 rings (SSSR count). The number of likely N-dealkylation sites (tertiary alicyclic amines) is 1. The van der Waals surface area contributed by atoms with Crippen molar-refractivity contribution in [1.29, 1.82) is 0 Å². The van der Waals surface area contributed by atoms with Crippen molar-refractivity contribution in [3.05, 3.63) is 73.5 Å². The molecule has 1 atom stereocenters. The molecule has 46 heavy (non-hydrogen) atoms. The van der Waals surface area contributed by atoms with Crippen molar-refractivity contribution in [2.24, 2.45) is 5.92 Å². The molecule has 1 aromatic carbocycles. The number of ether oxygens (including phenoxy) is 2. The van der Waals surface area contributed by atoms with Gasteiger partial charge in [-0.2, -0.15) is 0 Å². The van der Waals surface area contributed by atoms with Gasteiger partial charge >= 0.3 is 12.1 Å². The predicted octanol–water partition coefficient (Wildman–Crippen LogP) is 4.58. The van der Waals surface area contributed by atoms with Crippen LogP contribution in [0.25, 0.3) is 0 Å². The van der Waals surface area contributed by atoms with E-state index in [1.54, 1.807) is 40.2 Å². The number of nitrogens with zero attached hydrogens (tertiary/aromatic N) is 3. The molecular weight excluding hydrogens is 612 g/mol. The van der Waals surface area contributed by atoms with Crippen LogP contribution in [-0.2, 0) is 49.7 Å². The molecule has 2 aliphatic heterocycles. The van der Waals surface area contributed by atoms with Crippen LogP contribution in [0.3, 0.4) is 0 Å². The molecule has 0 unspecified atom stereocenters. The highest BCUT2D eigenvalue weighted by Gasteiger charge is 2.30. The quantitative estimate of drug-likeness (QED) is 0.170.